The van der Waals surface area contributed by atoms with Gasteiger partial charge in [-0.3, -0.25) is 4.79 Å². The number of anilines is 2. The van der Waals surface area contributed by atoms with Gasteiger partial charge in [-0.25, -0.2) is 13.1 Å². The van der Waals surface area contributed by atoms with Crippen molar-refractivity contribution in [3.05, 3.63) is 66.7 Å². The standard InChI is InChI=1S/C16H17N3O3S/c1-2-11-18-23(21,22)15-9-7-14(8-10-15)19-13-5-3-12(4-6-13)16(17)20/h2-10,18-19H,1,11H2,(H2,17,20). The van der Waals surface area contributed by atoms with Crippen molar-refractivity contribution in [2.75, 3.05) is 11.9 Å². The number of hydrogen-bond donors (Lipinski definition) is 3. The molecule has 120 valence electrons. The Balaban J connectivity index is 2.10. The minimum Gasteiger partial charge on any atom is -0.366 e. The molecule has 0 aliphatic heterocycles. The Bertz CT molecular complexity index is 797. The number of sulfonamides is 1. The predicted octanol–water partition coefficient (Wildman–Crippen LogP) is 1.99. The number of carbonyl (C=O) groups is 1. The second-order valence-corrected chi connectivity index (χ2v) is 6.50. The number of nitrogens with two attached hydrogens (primary N) is 1. The normalized spacial score (nSPS) is 11.0. The Morgan fingerprint density at radius 3 is 2.04 bits per heavy atom. The molecule has 0 aliphatic carbocycles. The largest absolute Gasteiger partial charge is 0.366 e. The van der Waals surface area contributed by atoms with E-state index >= 15 is 0 Å². The highest BCUT2D eigenvalue weighted by Gasteiger charge is 2.12. The fourth-order valence-electron chi connectivity index (χ4n) is 1.85. The monoisotopic (exact) mass is 331 g/mol. The van der Waals surface area contributed by atoms with Gasteiger partial charge in [0.25, 0.3) is 0 Å². The molecule has 7 heteroatoms. The predicted molar refractivity (Wildman–Crippen MR) is 90.1 cm³/mol. The molecular weight excluding hydrogens is 314 g/mol. The lowest BCUT2D eigenvalue weighted by Gasteiger charge is -2.09. The van der Waals surface area contributed by atoms with E-state index in [2.05, 4.69) is 16.6 Å². The van der Waals surface area contributed by atoms with Crippen molar-refractivity contribution in [3.8, 4) is 0 Å². The van der Waals surface area contributed by atoms with Crippen LogP contribution in [-0.2, 0) is 10.0 Å². The first kappa shape index (κ1) is 16.7. The van der Waals surface area contributed by atoms with Crippen LogP contribution in [0.5, 0.6) is 0 Å². The molecule has 0 radical (unpaired) electrons. The minimum absolute atomic E-state index is 0.175. The molecule has 0 unspecified atom stereocenters. The molecule has 23 heavy (non-hydrogen) atoms. The fraction of sp³-hybridized carbons (Fsp3) is 0.0625. The molecule has 6 nitrogen and oxygen atoms in total. The molecule has 2 aromatic rings. The Hall–Kier alpha value is -2.64. The smallest absolute Gasteiger partial charge is 0.248 e. The van der Waals surface area contributed by atoms with E-state index in [0.717, 1.165) is 11.4 Å². The van der Waals surface area contributed by atoms with Gasteiger partial charge in [0.2, 0.25) is 15.9 Å². The van der Waals surface area contributed by atoms with Crippen LogP contribution in [0.15, 0.2) is 66.1 Å². The van der Waals surface area contributed by atoms with Crippen molar-refractivity contribution in [2.24, 2.45) is 5.73 Å². The summed E-state index contributed by atoms with van der Waals surface area (Å²) in [6.07, 6.45) is 1.48. The molecule has 0 saturated heterocycles. The molecule has 0 aromatic heterocycles. The first-order chi connectivity index (χ1) is 10.9. The summed E-state index contributed by atoms with van der Waals surface area (Å²) in [4.78, 5) is 11.2. The summed E-state index contributed by atoms with van der Waals surface area (Å²) in [5.74, 6) is -0.488. The molecule has 0 heterocycles. The lowest BCUT2D eigenvalue weighted by molar-refractivity contribution is 0.100. The minimum atomic E-state index is -3.53. The second kappa shape index (κ2) is 7.08. The second-order valence-electron chi connectivity index (χ2n) is 4.73. The molecule has 0 fully saturated rings. The third-order valence-electron chi connectivity index (χ3n) is 3.04. The van der Waals surface area contributed by atoms with Gasteiger partial charge in [0.05, 0.1) is 4.90 Å². The zero-order chi connectivity index (χ0) is 16.9. The van der Waals surface area contributed by atoms with Gasteiger partial charge in [-0.1, -0.05) is 6.08 Å². The van der Waals surface area contributed by atoms with Gasteiger partial charge in [0, 0.05) is 23.5 Å². The van der Waals surface area contributed by atoms with E-state index in [9.17, 15) is 13.2 Å². The average Bonchev–Trinajstić information content (AvgIpc) is 2.54. The molecule has 1 amide bonds. The topological polar surface area (TPSA) is 101 Å². The third-order valence-corrected chi connectivity index (χ3v) is 4.48. The van der Waals surface area contributed by atoms with Crippen molar-refractivity contribution in [1.82, 2.24) is 4.72 Å². The van der Waals surface area contributed by atoms with E-state index in [1.807, 2.05) is 0 Å². The number of nitrogens with one attached hydrogen (secondary N) is 2. The van der Waals surface area contributed by atoms with Crippen LogP contribution in [0.1, 0.15) is 10.4 Å². The van der Waals surface area contributed by atoms with Crippen LogP contribution in [0.2, 0.25) is 0 Å². The number of benzene rings is 2. The van der Waals surface area contributed by atoms with Crippen LogP contribution in [-0.4, -0.2) is 20.9 Å². The summed E-state index contributed by atoms with van der Waals surface area (Å²) in [7, 11) is -3.53. The van der Waals surface area contributed by atoms with E-state index in [-0.39, 0.29) is 11.4 Å². The van der Waals surface area contributed by atoms with Gasteiger partial charge in [-0.05, 0) is 48.5 Å². The van der Waals surface area contributed by atoms with Crippen molar-refractivity contribution in [1.29, 1.82) is 0 Å². The molecule has 0 spiro atoms. The van der Waals surface area contributed by atoms with E-state index in [4.69, 9.17) is 5.73 Å². The first-order valence-electron chi connectivity index (χ1n) is 6.80. The highest BCUT2D eigenvalue weighted by atomic mass is 32.2. The molecule has 2 aromatic carbocycles. The maximum Gasteiger partial charge on any atom is 0.248 e. The van der Waals surface area contributed by atoms with Crippen molar-refractivity contribution >= 4 is 27.3 Å². The zero-order valence-corrected chi connectivity index (χ0v) is 13.1. The maximum atomic E-state index is 11.9. The van der Waals surface area contributed by atoms with Crippen LogP contribution in [0, 0.1) is 0 Å². The van der Waals surface area contributed by atoms with Crippen LogP contribution in [0.25, 0.3) is 0 Å². The molecule has 0 aliphatic rings. The van der Waals surface area contributed by atoms with Gasteiger partial charge in [0.15, 0.2) is 0 Å². The maximum absolute atomic E-state index is 11.9. The molecule has 4 N–H and O–H groups in total. The number of primary amides is 1. The number of amides is 1. The van der Waals surface area contributed by atoms with Gasteiger partial charge < -0.3 is 11.1 Å². The summed E-state index contributed by atoms with van der Waals surface area (Å²) in [6, 6.07) is 13.0. The number of rotatable bonds is 7. The highest BCUT2D eigenvalue weighted by Crippen LogP contribution is 2.19. The Kier molecular flexibility index (Phi) is 5.15. The SMILES string of the molecule is C=CCNS(=O)(=O)c1ccc(Nc2ccc(C(N)=O)cc2)cc1. The van der Waals surface area contributed by atoms with E-state index in [1.54, 1.807) is 36.4 Å². The summed E-state index contributed by atoms with van der Waals surface area (Å²) in [5.41, 5.74) is 7.08. The van der Waals surface area contributed by atoms with Gasteiger partial charge >= 0.3 is 0 Å². The highest BCUT2D eigenvalue weighted by molar-refractivity contribution is 7.89. The van der Waals surface area contributed by atoms with Crippen LogP contribution >= 0.6 is 0 Å². The fourth-order valence-corrected chi connectivity index (χ4v) is 2.85. The average molecular weight is 331 g/mol. The molecular formula is C16H17N3O3S. The Morgan fingerprint density at radius 1 is 1.04 bits per heavy atom. The van der Waals surface area contributed by atoms with Crippen LogP contribution in [0.4, 0.5) is 11.4 Å². The first-order valence-corrected chi connectivity index (χ1v) is 8.28. The van der Waals surface area contributed by atoms with Gasteiger partial charge in [-0.2, -0.15) is 0 Å². The Labute approximate surface area is 135 Å². The van der Waals surface area contributed by atoms with E-state index in [0.29, 0.717) is 5.56 Å². The van der Waals surface area contributed by atoms with Crippen LogP contribution in [0.3, 0.4) is 0 Å². The number of carbonyl (C=O) groups excluding carboxylic acids is 1. The van der Waals surface area contributed by atoms with Gasteiger partial charge in [0.1, 0.15) is 0 Å². The molecule has 0 saturated carbocycles. The third kappa shape index (κ3) is 4.41. The van der Waals surface area contributed by atoms with E-state index < -0.39 is 15.9 Å². The molecule has 0 atom stereocenters. The van der Waals surface area contributed by atoms with Crippen molar-refractivity contribution < 1.29 is 13.2 Å². The van der Waals surface area contributed by atoms with Gasteiger partial charge in [-0.15, -0.1) is 6.58 Å². The molecule has 2 rings (SSSR count). The summed E-state index contributed by atoms with van der Waals surface area (Å²) in [6.45, 7) is 3.64. The summed E-state index contributed by atoms with van der Waals surface area (Å²) >= 11 is 0. The Morgan fingerprint density at radius 2 is 1.57 bits per heavy atom. The lowest BCUT2D eigenvalue weighted by atomic mass is 10.2. The number of hydrogen-bond acceptors (Lipinski definition) is 4. The lowest BCUT2D eigenvalue weighted by Crippen LogP contribution is -2.23. The zero-order valence-electron chi connectivity index (χ0n) is 12.3. The molecule has 0 bridgehead atoms. The summed E-state index contributed by atoms with van der Waals surface area (Å²) in [5, 5.41) is 3.11. The van der Waals surface area contributed by atoms with Crippen molar-refractivity contribution in [2.45, 2.75) is 4.90 Å². The van der Waals surface area contributed by atoms with Crippen molar-refractivity contribution in [3.63, 3.8) is 0 Å². The quantitative estimate of drug-likeness (QED) is 0.675. The summed E-state index contributed by atoms with van der Waals surface area (Å²) < 4.78 is 26.3. The van der Waals surface area contributed by atoms with E-state index in [1.165, 1.54) is 18.2 Å². The van der Waals surface area contributed by atoms with Crippen LogP contribution < -0.4 is 15.8 Å².